The first kappa shape index (κ1) is 16.0. The third-order valence-electron chi connectivity index (χ3n) is 4.45. The molecule has 0 fully saturated rings. The molecule has 1 atom stereocenters. The summed E-state index contributed by atoms with van der Waals surface area (Å²) in [6.45, 7) is 0. The predicted molar refractivity (Wildman–Crippen MR) is 96.9 cm³/mol. The predicted octanol–water partition coefficient (Wildman–Crippen LogP) is 4.30. The average Bonchev–Trinajstić information content (AvgIpc) is 3.23. The molecule has 0 saturated carbocycles. The van der Waals surface area contributed by atoms with E-state index in [1.165, 1.54) is 34.6 Å². The number of thiazole rings is 1. The molecule has 1 heterocycles. The van der Waals surface area contributed by atoms with Gasteiger partial charge in [0.05, 0.1) is 18.2 Å². The molecule has 126 valence electrons. The molecule has 1 amide bonds. The van der Waals surface area contributed by atoms with E-state index in [9.17, 15) is 9.18 Å². The molecule has 1 aromatic heterocycles. The number of halogens is 1. The molecular weight excluding hydrogens is 335 g/mol. The van der Waals surface area contributed by atoms with Crippen LogP contribution >= 0.6 is 11.3 Å². The third kappa shape index (κ3) is 3.46. The van der Waals surface area contributed by atoms with Crippen molar-refractivity contribution < 1.29 is 9.18 Å². The number of hydrogen-bond donors (Lipinski definition) is 1. The lowest BCUT2D eigenvalue weighted by Crippen LogP contribution is -2.28. The average molecular weight is 352 g/mol. The number of amides is 1. The topological polar surface area (TPSA) is 42.0 Å². The Morgan fingerprint density at radius 2 is 2.00 bits per heavy atom. The van der Waals surface area contributed by atoms with Gasteiger partial charge in [-0.15, -0.1) is 11.3 Å². The lowest BCUT2D eigenvalue weighted by Gasteiger charge is -2.13. The summed E-state index contributed by atoms with van der Waals surface area (Å²) in [5, 5.41) is 5.81. The zero-order valence-corrected chi connectivity index (χ0v) is 14.4. The highest BCUT2D eigenvalue weighted by Crippen LogP contribution is 2.31. The van der Waals surface area contributed by atoms with Crippen LogP contribution < -0.4 is 5.32 Å². The Kier molecular flexibility index (Phi) is 4.32. The van der Waals surface area contributed by atoms with E-state index < -0.39 is 0 Å². The Bertz CT molecular complexity index is 904. The highest BCUT2D eigenvalue weighted by atomic mass is 32.1. The van der Waals surface area contributed by atoms with Crippen LogP contribution in [0.2, 0.25) is 0 Å². The van der Waals surface area contributed by atoms with Crippen LogP contribution in [-0.2, 0) is 17.6 Å². The summed E-state index contributed by atoms with van der Waals surface area (Å²) in [6, 6.07) is 14.6. The van der Waals surface area contributed by atoms with Crippen molar-refractivity contribution in [1.82, 2.24) is 10.3 Å². The maximum Gasteiger partial charge on any atom is 0.226 e. The summed E-state index contributed by atoms with van der Waals surface area (Å²) in [6.07, 6.45) is 2.21. The Balaban J connectivity index is 1.41. The van der Waals surface area contributed by atoms with Gasteiger partial charge >= 0.3 is 0 Å². The molecule has 3 aromatic rings. The summed E-state index contributed by atoms with van der Waals surface area (Å²) in [4.78, 5) is 16.9. The van der Waals surface area contributed by atoms with Crippen molar-refractivity contribution in [2.45, 2.75) is 25.3 Å². The van der Waals surface area contributed by atoms with E-state index in [1.807, 2.05) is 17.5 Å². The number of aryl methyl sites for hydroxylation is 1. The van der Waals surface area contributed by atoms with Crippen LogP contribution in [0.5, 0.6) is 0 Å². The molecule has 25 heavy (non-hydrogen) atoms. The zero-order valence-electron chi connectivity index (χ0n) is 13.5. The van der Waals surface area contributed by atoms with E-state index >= 15 is 0 Å². The summed E-state index contributed by atoms with van der Waals surface area (Å²) < 4.78 is 13.0. The highest BCUT2D eigenvalue weighted by molar-refractivity contribution is 7.13. The van der Waals surface area contributed by atoms with Crippen LogP contribution in [0, 0.1) is 5.82 Å². The number of carbonyl (C=O) groups excluding carboxylic acids is 1. The second kappa shape index (κ2) is 6.76. The minimum atomic E-state index is -0.267. The number of benzene rings is 2. The number of carbonyl (C=O) groups is 1. The van der Waals surface area contributed by atoms with Crippen molar-refractivity contribution in [3.05, 3.63) is 76.5 Å². The van der Waals surface area contributed by atoms with Crippen molar-refractivity contribution in [2.24, 2.45) is 0 Å². The quantitative estimate of drug-likeness (QED) is 0.761. The van der Waals surface area contributed by atoms with Crippen molar-refractivity contribution in [3.8, 4) is 10.6 Å². The van der Waals surface area contributed by atoms with Gasteiger partial charge in [0.2, 0.25) is 5.91 Å². The van der Waals surface area contributed by atoms with Gasteiger partial charge in [0.15, 0.2) is 0 Å². The van der Waals surface area contributed by atoms with Crippen molar-refractivity contribution in [3.63, 3.8) is 0 Å². The number of fused-ring (bicyclic) bond motifs is 1. The maximum absolute atomic E-state index is 13.0. The van der Waals surface area contributed by atoms with Gasteiger partial charge in [-0.3, -0.25) is 4.79 Å². The van der Waals surface area contributed by atoms with Gasteiger partial charge in [0, 0.05) is 10.9 Å². The molecule has 0 radical (unpaired) electrons. The smallest absolute Gasteiger partial charge is 0.226 e. The summed E-state index contributed by atoms with van der Waals surface area (Å²) in [5.74, 6) is -0.283. The zero-order chi connectivity index (χ0) is 17.2. The van der Waals surface area contributed by atoms with Crippen LogP contribution in [0.3, 0.4) is 0 Å². The fourth-order valence-corrected chi connectivity index (χ4v) is 4.06. The minimum absolute atomic E-state index is 0.0161. The van der Waals surface area contributed by atoms with Crippen molar-refractivity contribution >= 4 is 17.2 Å². The number of aromatic nitrogens is 1. The molecule has 0 spiro atoms. The Labute approximate surface area is 149 Å². The molecule has 0 saturated heterocycles. The second-order valence-electron chi connectivity index (χ2n) is 6.19. The van der Waals surface area contributed by atoms with Crippen LogP contribution in [-0.4, -0.2) is 10.9 Å². The fourth-order valence-electron chi connectivity index (χ4n) is 3.23. The van der Waals surface area contributed by atoms with Gasteiger partial charge in [0.1, 0.15) is 10.8 Å². The second-order valence-corrected chi connectivity index (χ2v) is 7.04. The first-order valence-corrected chi connectivity index (χ1v) is 9.14. The van der Waals surface area contributed by atoms with Crippen LogP contribution in [0.1, 0.15) is 29.3 Å². The van der Waals surface area contributed by atoms with Gasteiger partial charge in [-0.1, -0.05) is 24.3 Å². The van der Waals surface area contributed by atoms with E-state index in [1.54, 1.807) is 12.1 Å². The number of nitrogens with zero attached hydrogens (tertiary/aromatic N) is 1. The molecule has 3 nitrogen and oxygen atoms in total. The SMILES string of the molecule is O=C(Cc1csc(-c2ccc(F)cc2)n1)N[C@H]1CCc2ccccc21. The Morgan fingerprint density at radius 3 is 2.84 bits per heavy atom. The van der Waals surface area contributed by atoms with E-state index in [-0.39, 0.29) is 24.2 Å². The molecular formula is C20H17FN2OS. The summed E-state index contributed by atoms with van der Waals surface area (Å²) >= 11 is 1.47. The Hall–Kier alpha value is -2.53. The lowest BCUT2D eigenvalue weighted by atomic mass is 10.1. The van der Waals surface area contributed by atoms with Gasteiger partial charge in [-0.25, -0.2) is 9.37 Å². The van der Waals surface area contributed by atoms with Gasteiger partial charge in [-0.2, -0.15) is 0 Å². The van der Waals surface area contributed by atoms with Gasteiger partial charge in [0.25, 0.3) is 0 Å². The van der Waals surface area contributed by atoms with Gasteiger partial charge < -0.3 is 5.32 Å². The maximum atomic E-state index is 13.0. The Morgan fingerprint density at radius 1 is 1.20 bits per heavy atom. The molecule has 2 aromatic carbocycles. The molecule has 1 N–H and O–H groups in total. The molecule has 1 aliphatic carbocycles. The number of hydrogen-bond acceptors (Lipinski definition) is 3. The van der Waals surface area contributed by atoms with Crippen LogP contribution in [0.4, 0.5) is 4.39 Å². The van der Waals surface area contributed by atoms with E-state index in [0.717, 1.165) is 29.1 Å². The van der Waals surface area contributed by atoms with E-state index in [4.69, 9.17) is 0 Å². The van der Waals surface area contributed by atoms with Crippen molar-refractivity contribution in [2.75, 3.05) is 0 Å². The van der Waals surface area contributed by atoms with Crippen LogP contribution in [0.25, 0.3) is 10.6 Å². The molecule has 0 aliphatic heterocycles. The first-order valence-electron chi connectivity index (χ1n) is 8.26. The molecule has 5 heteroatoms. The largest absolute Gasteiger partial charge is 0.349 e. The third-order valence-corrected chi connectivity index (χ3v) is 5.39. The summed E-state index contributed by atoms with van der Waals surface area (Å²) in [7, 11) is 0. The molecule has 0 unspecified atom stereocenters. The van der Waals surface area contributed by atoms with E-state index in [2.05, 4.69) is 22.4 Å². The molecule has 4 rings (SSSR count). The van der Waals surface area contributed by atoms with Crippen LogP contribution in [0.15, 0.2) is 53.9 Å². The fraction of sp³-hybridized carbons (Fsp3) is 0.200. The van der Waals surface area contributed by atoms with Crippen molar-refractivity contribution in [1.29, 1.82) is 0 Å². The molecule has 1 aliphatic rings. The van der Waals surface area contributed by atoms with Gasteiger partial charge in [-0.05, 0) is 48.2 Å². The standard InChI is InChI=1S/C20H17FN2OS/c21-15-8-5-14(6-9-15)20-22-16(12-25-20)11-19(24)23-18-10-7-13-3-1-2-4-17(13)18/h1-6,8-9,12,18H,7,10-11H2,(H,23,24)/t18-/m0/s1. The molecule has 0 bridgehead atoms. The number of rotatable bonds is 4. The minimum Gasteiger partial charge on any atom is -0.349 e. The normalized spacial score (nSPS) is 15.8. The van der Waals surface area contributed by atoms with E-state index in [0.29, 0.717) is 0 Å². The first-order chi connectivity index (χ1) is 12.2. The number of nitrogens with one attached hydrogen (secondary N) is 1. The summed E-state index contributed by atoms with van der Waals surface area (Å²) in [5.41, 5.74) is 4.15. The monoisotopic (exact) mass is 352 g/mol. The lowest BCUT2D eigenvalue weighted by molar-refractivity contribution is -0.121. The highest BCUT2D eigenvalue weighted by Gasteiger charge is 2.23.